The zero-order valence-electron chi connectivity index (χ0n) is 20.1. The summed E-state index contributed by atoms with van der Waals surface area (Å²) in [5, 5.41) is 39.0. The van der Waals surface area contributed by atoms with Crippen LogP contribution in [0, 0.1) is 0 Å². The van der Waals surface area contributed by atoms with Crippen LogP contribution in [-0.2, 0) is 9.53 Å². The molecule has 0 aliphatic carbocycles. The van der Waals surface area contributed by atoms with Gasteiger partial charge in [0, 0.05) is 6.42 Å². The van der Waals surface area contributed by atoms with Crippen molar-refractivity contribution in [3.8, 4) is 0 Å². The average molecular weight is 453 g/mol. The molecular weight excluding hydrogens is 400 g/mol. The Morgan fingerprint density at radius 3 is 1.13 bits per heavy atom. The molecule has 0 spiro atoms. The van der Waals surface area contributed by atoms with Gasteiger partial charge in [0.15, 0.2) is 0 Å². The normalized spacial score (nSPS) is 10.0. The van der Waals surface area contributed by atoms with Gasteiger partial charge in [-0.25, -0.2) is 0 Å². The molecule has 0 amide bonds. The maximum Gasteiger partial charge on any atom is 0.305 e. The minimum Gasteiger partial charge on any atom is -0.463 e. The number of carbonyl (C=O) groups is 1. The molecule has 0 radical (unpaired) electrons. The summed E-state index contributed by atoms with van der Waals surface area (Å²) in [5.74, 6) is -0.172. The van der Waals surface area contributed by atoms with E-state index in [0.29, 0.717) is 6.42 Å². The van der Waals surface area contributed by atoms with Gasteiger partial charge in [-0.2, -0.15) is 0 Å². The Labute approximate surface area is 190 Å². The quantitative estimate of drug-likeness (QED) is 0.141. The lowest BCUT2D eigenvalue weighted by atomic mass is 10.0. The van der Waals surface area contributed by atoms with Crippen LogP contribution in [0.1, 0.15) is 110 Å². The second-order valence-corrected chi connectivity index (χ2v) is 7.54. The molecule has 0 heterocycles. The van der Waals surface area contributed by atoms with Crippen LogP contribution >= 0.6 is 0 Å². The van der Waals surface area contributed by atoms with E-state index >= 15 is 0 Å². The van der Waals surface area contributed by atoms with Crippen molar-refractivity contribution in [1.29, 1.82) is 0 Å². The molecule has 7 heteroatoms. The molecule has 0 bridgehead atoms. The molecule has 0 rings (SSSR count). The number of aliphatic hydroxyl groups is 5. The number of aliphatic hydroxyl groups excluding tert-OH is 5. The van der Waals surface area contributed by atoms with Gasteiger partial charge in [-0.1, -0.05) is 96.8 Å². The van der Waals surface area contributed by atoms with Gasteiger partial charge in [0.2, 0.25) is 0 Å². The van der Waals surface area contributed by atoms with Crippen LogP contribution in [0.2, 0.25) is 0 Å². The van der Waals surface area contributed by atoms with E-state index in [-0.39, 0.29) is 45.6 Å². The van der Waals surface area contributed by atoms with E-state index in [1.165, 1.54) is 83.5 Å². The molecule has 0 saturated carbocycles. The fourth-order valence-electron chi connectivity index (χ4n) is 2.87. The van der Waals surface area contributed by atoms with Gasteiger partial charge in [-0.05, 0) is 6.42 Å². The Hall–Kier alpha value is -0.730. The van der Waals surface area contributed by atoms with Crippen molar-refractivity contribution in [2.24, 2.45) is 0 Å². The van der Waals surface area contributed by atoms with Crippen LogP contribution in [0.4, 0.5) is 0 Å². The topological polar surface area (TPSA) is 127 Å². The van der Waals surface area contributed by atoms with Crippen molar-refractivity contribution in [3.63, 3.8) is 0 Å². The first-order valence-corrected chi connectivity index (χ1v) is 12.3. The summed E-state index contributed by atoms with van der Waals surface area (Å²) in [7, 11) is 0. The lowest BCUT2D eigenvalue weighted by molar-refractivity contribution is -0.144. The number of hydrogen-bond donors (Lipinski definition) is 5. The average Bonchev–Trinajstić information content (AvgIpc) is 2.80. The third-order valence-corrected chi connectivity index (χ3v) is 4.54. The molecule has 0 fully saturated rings. The minimum absolute atomic E-state index is 0.0788. The van der Waals surface area contributed by atoms with Gasteiger partial charge in [-0.3, -0.25) is 4.79 Å². The van der Waals surface area contributed by atoms with Crippen LogP contribution in [0.5, 0.6) is 0 Å². The largest absolute Gasteiger partial charge is 0.463 e. The van der Waals surface area contributed by atoms with Crippen LogP contribution in [0.25, 0.3) is 0 Å². The fourth-order valence-corrected chi connectivity index (χ4v) is 2.87. The second-order valence-electron chi connectivity index (χ2n) is 7.54. The number of hydrogen-bond acceptors (Lipinski definition) is 7. The Bertz CT molecular complexity index is 294. The molecule has 0 aromatic rings. The number of rotatable bonds is 20. The highest BCUT2D eigenvalue weighted by Gasteiger charge is 2.01. The second kappa shape index (κ2) is 36.6. The third-order valence-electron chi connectivity index (χ3n) is 4.54. The Morgan fingerprint density at radius 1 is 0.516 bits per heavy atom. The highest BCUT2D eigenvalue weighted by molar-refractivity contribution is 5.69. The molecule has 0 aromatic heterocycles. The fraction of sp³-hybridized carbons (Fsp3) is 0.958. The smallest absolute Gasteiger partial charge is 0.305 e. The molecule has 0 unspecified atom stereocenters. The van der Waals surface area contributed by atoms with Crippen molar-refractivity contribution in [1.82, 2.24) is 0 Å². The number of carbonyl (C=O) groups excluding carboxylic acids is 1. The molecule has 0 atom stereocenters. The zero-order valence-corrected chi connectivity index (χ0v) is 20.1. The summed E-state index contributed by atoms with van der Waals surface area (Å²) < 4.78 is 4.82. The lowest BCUT2D eigenvalue weighted by Crippen LogP contribution is -2.07. The van der Waals surface area contributed by atoms with Crippen LogP contribution in [0.3, 0.4) is 0 Å². The van der Waals surface area contributed by atoms with E-state index in [1.54, 1.807) is 0 Å². The maximum absolute atomic E-state index is 11.2. The van der Waals surface area contributed by atoms with Crippen LogP contribution in [0.15, 0.2) is 0 Å². The highest BCUT2D eigenvalue weighted by Crippen LogP contribution is 2.13. The summed E-state index contributed by atoms with van der Waals surface area (Å²) in [5.41, 5.74) is 0. The first kappa shape index (κ1) is 34.9. The standard InChI is InChI=1S/C20H40O3.2C2H6O2/c1-2-3-4-5-6-7-8-9-10-11-12-13-14-15-16-17-20(22)23-19-18-21;2*3-1-2-4/h21H,2-19H2,1H3;2*3-4H,1-2H2. The summed E-state index contributed by atoms with van der Waals surface area (Å²) >= 11 is 0. The van der Waals surface area contributed by atoms with Gasteiger partial charge in [0.1, 0.15) is 6.61 Å². The van der Waals surface area contributed by atoms with Crippen LogP contribution < -0.4 is 0 Å². The highest BCUT2D eigenvalue weighted by atomic mass is 16.5. The molecule has 5 N–H and O–H groups in total. The van der Waals surface area contributed by atoms with E-state index in [1.807, 2.05) is 0 Å². The Kier molecular flexibility index (Phi) is 41.2. The summed E-state index contributed by atoms with van der Waals surface area (Å²) in [6.07, 6.45) is 20.4. The SMILES string of the molecule is CCCCCCCCCCCCCCCCCC(=O)OCCO.OCCO.OCCO. The predicted octanol–water partition coefficient (Wildman–Crippen LogP) is 3.73. The van der Waals surface area contributed by atoms with Crippen molar-refractivity contribution >= 4 is 5.97 Å². The number of unbranched alkanes of at least 4 members (excludes halogenated alkanes) is 14. The molecular formula is C24H52O7. The molecule has 0 aliphatic heterocycles. The van der Waals surface area contributed by atoms with Crippen molar-refractivity contribution in [2.75, 3.05) is 39.6 Å². The van der Waals surface area contributed by atoms with Gasteiger partial charge in [0.25, 0.3) is 0 Å². The van der Waals surface area contributed by atoms with Gasteiger partial charge >= 0.3 is 5.97 Å². The maximum atomic E-state index is 11.2. The van der Waals surface area contributed by atoms with Crippen molar-refractivity contribution in [3.05, 3.63) is 0 Å². The zero-order chi connectivity index (χ0) is 23.8. The minimum atomic E-state index is -0.172. The third kappa shape index (κ3) is 43.9. The Balaban J connectivity index is -0.000000832. The van der Waals surface area contributed by atoms with Crippen molar-refractivity contribution < 1.29 is 35.1 Å². The Morgan fingerprint density at radius 2 is 0.839 bits per heavy atom. The van der Waals surface area contributed by atoms with E-state index in [4.69, 9.17) is 30.3 Å². The van der Waals surface area contributed by atoms with E-state index in [2.05, 4.69) is 6.92 Å². The molecule has 31 heavy (non-hydrogen) atoms. The van der Waals surface area contributed by atoms with Crippen molar-refractivity contribution in [2.45, 2.75) is 110 Å². The summed E-state index contributed by atoms with van der Waals surface area (Å²) in [6, 6.07) is 0. The van der Waals surface area contributed by atoms with Gasteiger partial charge in [0.05, 0.1) is 33.0 Å². The number of esters is 1. The predicted molar refractivity (Wildman–Crippen MR) is 126 cm³/mol. The molecule has 0 aromatic carbocycles. The molecule has 0 saturated heterocycles. The first-order valence-electron chi connectivity index (χ1n) is 12.3. The molecule has 0 aliphatic rings. The summed E-state index contributed by atoms with van der Waals surface area (Å²) in [4.78, 5) is 11.2. The van der Waals surface area contributed by atoms with Gasteiger partial charge in [-0.15, -0.1) is 0 Å². The first-order chi connectivity index (χ1) is 15.1. The van der Waals surface area contributed by atoms with E-state index in [9.17, 15) is 4.79 Å². The molecule has 190 valence electrons. The lowest BCUT2D eigenvalue weighted by Gasteiger charge is -2.04. The van der Waals surface area contributed by atoms with E-state index in [0.717, 1.165) is 12.8 Å². The van der Waals surface area contributed by atoms with Gasteiger partial charge < -0.3 is 30.3 Å². The van der Waals surface area contributed by atoms with E-state index < -0.39 is 0 Å². The number of ether oxygens (including phenoxy) is 1. The monoisotopic (exact) mass is 452 g/mol. The molecule has 7 nitrogen and oxygen atoms in total. The van der Waals surface area contributed by atoms with Crippen LogP contribution in [-0.4, -0.2) is 71.1 Å². The summed E-state index contributed by atoms with van der Waals surface area (Å²) in [6.45, 7) is 1.83.